The fraction of sp³-hybridized carbons (Fsp3) is 0.200. The van der Waals surface area contributed by atoms with Crippen molar-refractivity contribution in [2.75, 3.05) is 14.2 Å². The molecule has 0 spiro atoms. The standard InChI is InChI=1S/C9H7N3O2.C6H7N3.C5H8O4.ClH/c13-7-5-8(14)12-9(11-7)6-1-3-10-4-2-6;7-6(8)5-1-3-9-4-2-5;1-8-4(6)3-5(7)9-2;/h1-4H,5H2,(H,11,12,13,14);1-4H,(H3,7,8);3H2,1-2H3;1H. The lowest BCUT2D eigenvalue weighted by Gasteiger charge is -2.11. The van der Waals surface area contributed by atoms with Gasteiger partial charge in [-0.2, -0.15) is 4.99 Å². The number of aromatic nitrogens is 2. The third-order valence-corrected chi connectivity index (χ3v) is 3.50. The molecule has 4 N–H and O–H groups in total. The highest BCUT2D eigenvalue weighted by Gasteiger charge is 2.18. The van der Waals surface area contributed by atoms with Crippen LogP contribution in [-0.2, 0) is 28.7 Å². The number of nitrogens with two attached hydrogens (primary N) is 1. The predicted molar refractivity (Wildman–Crippen MR) is 120 cm³/mol. The zero-order valence-corrected chi connectivity index (χ0v) is 18.6. The normalized spacial score (nSPS) is 11.5. The van der Waals surface area contributed by atoms with Gasteiger partial charge < -0.3 is 20.5 Å². The molecule has 0 atom stereocenters. The quantitative estimate of drug-likeness (QED) is 0.241. The minimum atomic E-state index is -0.582. The molecule has 0 saturated carbocycles. The molecule has 2 aromatic rings. The first-order valence-electron chi connectivity index (χ1n) is 8.96. The van der Waals surface area contributed by atoms with E-state index < -0.39 is 17.8 Å². The van der Waals surface area contributed by atoms with Crippen LogP contribution >= 0.6 is 12.4 Å². The lowest BCUT2D eigenvalue weighted by molar-refractivity contribution is -0.151. The number of nitrogen functional groups attached to an aromatic ring is 1. The monoisotopic (exact) mass is 478 g/mol. The number of aliphatic imine (C=N–C) groups is 1. The summed E-state index contributed by atoms with van der Waals surface area (Å²) < 4.78 is 8.37. The van der Waals surface area contributed by atoms with Crippen LogP contribution < -0.4 is 11.1 Å². The molecule has 0 aliphatic carbocycles. The lowest BCUT2D eigenvalue weighted by Crippen LogP contribution is -2.37. The van der Waals surface area contributed by atoms with Crippen molar-refractivity contribution in [2.24, 2.45) is 10.7 Å². The molecular formula is C20H23ClN6O6. The number of pyridine rings is 2. The van der Waals surface area contributed by atoms with E-state index in [1.807, 2.05) is 0 Å². The summed E-state index contributed by atoms with van der Waals surface area (Å²) in [6, 6.07) is 6.75. The van der Waals surface area contributed by atoms with E-state index in [2.05, 4.69) is 29.8 Å². The summed E-state index contributed by atoms with van der Waals surface area (Å²) in [5.41, 5.74) is 6.56. The fourth-order valence-electron chi connectivity index (χ4n) is 1.95. The van der Waals surface area contributed by atoms with Crippen LogP contribution in [0.4, 0.5) is 0 Å². The fourth-order valence-corrected chi connectivity index (χ4v) is 1.95. The number of amidine groups is 2. The first kappa shape index (κ1) is 28.8. The minimum absolute atomic E-state index is 0. The van der Waals surface area contributed by atoms with Gasteiger partial charge in [0, 0.05) is 35.9 Å². The van der Waals surface area contributed by atoms with Gasteiger partial charge in [0.2, 0.25) is 5.91 Å². The number of nitrogens with zero attached hydrogens (tertiary/aromatic N) is 3. The van der Waals surface area contributed by atoms with Gasteiger partial charge in [0.15, 0.2) is 0 Å². The number of carbonyl (C=O) groups excluding carboxylic acids is 4. The molecule has 1 aliphatic heterocycles. The number of halogens is 1. The Kier molecular flexibility index (Phi) is 13.6. The van der Waals surface area contributed by atoms with Crippen molar-refractivity contribution in [1.29, 1.82) is 5.41 Å². The van der Waals surface area contributed by atoms with E-state index in [0.29, 0.717) is 17.0 Å². The Balaban J connectivity index is 0.000000479. The van der Waals surface area contributed by atoms with Crippen LogP contribution in [-0.4, -0.2) is 59.6 Å². The van der Waals surface area contributed by atoms with Crippen molar-refractivity contribution >= 4 is 47.8 Å². The van der Waals surface area contributed by atoms with Crippen LogP contribution in [0.25, 0.3) is 0 Å². The van der Waals surface area contributed by atoms with Crippen LogP contribution in [0.3, 0.4) is 0 Å². The third kappa shape index (κ3) is 11.7. The molecule has 0 unspecified atom stereocenters. The van der Waals surface area contributed by atoms with Gasteiger partial charge in [-0.15, -0.1) is 12.4 Å². The minimum Gasteiger partial charge on any atom is -0.469 e. The third-order valence-electron chi connectivity index (χ3n) is 3.50. The molecule has 0 aromatic carbocycles. The molecule has 0 bridgehead atoms. The zero-order valence-electron chi connectivity index (χ0n) is 17.8. The predicted octanol–water partition coefficient (Wildman–Crippen LogP) is 0.385. The van der Waals surface area contributed by atoms with Crippen molar-refractivity contribution < 1.29 is 28.7 Å². The van der Waals surface area contributed by atoms with Crippen LogP contribution in [0.15, 0.2) is 54.0 Å². The second kappa shape index (κ2) is 15.6. The van der Waals surface area contributed by atoms with Gasteiger partial charge >= 0.3 is 11.9 Å². The topological polar surface area (TPSA) is 187 Å². The molecule has 12 nitrogen and oxygen atoms in total. The number of nitrogens with one attached hydrogen (secondary N) is 2. The van der Waals surface area contributed by atoms with Crippen LogP contribution in [0, 0.1) is 5.41 Å². The largest absolute Gasteiger partial charge is 0.469 e. The van der Waals surface area contributed by atoms with Gasteiger partial charge in [-0.05, 0) is 24.3 Å². The molecule has 3 rings (SSSR count). The number of methoxy groups -OCH3 is 2. The highest BCUT2D eigenvalue weighted by atomic mass is 35.5. The molecule has 1 aliphatic rings. The van der Waals surface area contributed by atoms with Crippen molar-refractivity contribution in [3.63, 3.8) is 0 Å². The molecule has 2 amide bonds. The maximum Gasteiger partial charge on any atom is 0.316 e. The van der Waals surface area contributed by atoms with E-state index in [9.17, 15) is 19.2 Å². The van der Waals surface area contributed by atoms with Gasteiger partial charge in [-0.1, -0.05) is 0 Å². The summed E-state index contributed by atoms with van der Waals surface area (Å²) in [7, 11) is 2.43. The number of ether oxygens (including phenoxy) is 2. The highest BCUT2D eigenvalue weighted by molar-refractivity contribution is 6.19. The molecule has 176 valence electrons. The molecule has 0 saturated heterocycles. The summed E-state index contributed by atoms with van der Waals surface area (Å²) in [4.78, 5) is 53.9. The molecule has 0 fully saturated rings. The number of carbonyl (C=O) groups is 4. The highest BCUT2D eigenvalue weighted by Crippen LogP contribution is 2.03. The van der Waals surface area contributed by atoms with Crippen LogP contribution in [0.5, 0.6) is 0 Å². The van der Waals surface area contributed by atoms with Crippen molar-refractivity contribution in [1.82, 2.24) is 15.3 Å². The molecular weight excluding hydrogens is 456 g/mol. The van der Waals surface area contributed by atoms with E-state index in [0.717, 1.165) is 0 Å². The van der Waals surface area contributed by atoms with Gasteiger partial charge in [-0.3, -0.25) is 34.6 Å². The molecule has 3 heterocycles. The van der Waals surface area contributed by atoms with Gasteiger partial charge in [0.05, 0.1) is 14.2 Å². The number of hydrogen-bond donors (Lipinski definition) is 3. The Morgan fingerprint density at radius 1 is 1.00 bits per heavy atom. The van der Waals surface area contributed by atoms with Gasteiger partial charge in [0.25, 0.3) is 5.91 Å². The summed E-state index contributed by atoms with van der Waals surface area (Å²) >= 11 is 0. The van der Waals surface area contributed by atoms with E-state index in [1.54, 1.807) is 49.1 Å². The second-order valence-corrected chi connectivity index (χ2v) is 5.79. The first-order valence-corrected chi connectivity index (χ1v) is 8.96. The summed E-state index contributed by atoms with van der Waals surface area (Å²) in [5.74, 6) is -1.52. The maximum absolute atomic E-state index is 11.0. The van der Waals surface area contributed by atoms with Crippen molar-refractivity contribution in [2.45, 2.75) is 12.8 Å². The van der Waals surface area contributed by atoms with E-state index >= 15 is 0 Å². The SMILES string of the molecule is COC(=O)CC(=O)OC.Cl.N=C(N)c1ccncc1.O=C1CC(=O)NC(c2ccncc2)=N1. The molecule has 13 heteroatoms. The zero-order chi connectivity index (χ0) is 23.9. The van der Waals surface area contributed by atoms with Crippen molar-refractivity contribution in [3.8, 4) is 0 Å². The maximum atomic E-state index is 11.0. The molecule has 0 radical (unpaired) electrons. The summed E-state index contributed by atoms with van der Waals surface area (Å²) in [5, 5.41) is 9.51. The van der Waals surface area contributed by atoms with Crippen molar-refractivity contribution in [3.05, 3.63) is 60.2 Å². The number of esters is 2. The number of hydrogen-bond acceptors (Lipinski definition) is 9. The lowest BCUT2D eigenvalue weighted by atomic mass is 10.2. The van der Waals surface area contributed by atoms with E-state index in [-0.39, 0.29) is 37.0 Å². The van der Waals surface area contributed by atoms with Gasteiger partial charge in [0.1, 0.15) is 24.5 Å². The number of amides is 2. The smallest absolute Gasteiger partial charge is 0.316 e. The van der Waals surface area contributed by atoms with Crippen LogP contribution in [0.2, 0.25) is 0 Å². The van der Waals surface area contributed by atoms with Crippen LogP contribution in [0.1, 0.15) is 24.0 Å². The Bertz CT molecular complexity index is 971. The molecule has 2 aromatic heterocycles. The summed E-state index contributed by atoms with van der Waals surface area (Å²) in [6.07, 6.45) is 5.88. The number of rotatable bonds is 4. The Labute approximate surface area is 195 Å². The second-order valence-electron chi connectivity index (χ2n) is 5.79. The molecule has 33 heavy (non-hydrogen) atoms. The van der Waals surface area contributed by atoms with E-state index in [1.165, 1.54) is 14.2 Å². The Morgan fingerprint density at radius 2 is 1.48 bits per heavy atom. The van der Waals surface area contributed by atoms with E-state index in [4.69, 9.17) is 11.1 Å². The average Bonchev–Trinajstić information content (AvgIpc) is 2.80. The Hall–Kier alpha value is -4.19. The van der Waals surface area contributed by atoms with Gasteiger partial charge in [-0.25, -0.2) is 0 Å². The first-order chi connectivity index (χ1) is 15.3. The average molecular weight is 479 g/mol. The Morgan fingerprint density at radius 3 is 1.88 bits per heavy atom. The summed E-state index contributed by atoms with van der Waals surface area (Å²) in [6.45, 7) is 0.